The minimum Gasteiger partial charge on any atom is -0.482 e. The molecule has 8 nitrogen and oxygen atoms in total. The molecular formula is C16H23N3O5S. The molecule has 0 spiro atoms. The lowest BCUT2D eigenvalue weighted by Crippen LogP contribution is -2.46. The van der Waals surface area contributed by atoms with Gasteiger partial charge >= 0.3 is 0 Å². The van der Waals surface area contributed by atoms with Crippen LogP contribution in [0.3, 0.4) is 0 Å². The SMILES string of the molecule is Cc1cc2c(cc1S(=O)(=O)N(C)CC(=O)NC(C)(C)C)OCC(=O)N2. The monoisotopic (exact) mass is 369 g/mol. The highest BCUT2D eigenvalue weighted by Gasteiger charge is 2.28. The van der Waals surface area contributed by atoms with E-state index in [1.807, 2.05) is 20.8 Å². The van der Waals surface area contributed by atoms with Gasteiger partial charge in [0.15, 0.2) is 6.61 Å². The van der Waals surface area contributed by atoms with Gasteiger partial charge in [-0.25, -0.2) is 8.42 Å². The Morgan fingerprint density at radius 2 is 2.00 bits per heavy atom. The molecule has 0 aromatic heterocycles. The first-order valence-corrected chi connectivity index (χ1v) is 9.19. The number of anilines is 1. The van der Waals surface area contributed by atoms with E-state index in [2.05, 4.69) is 10.6 Å². The van der Waals surface area contributed by atoms with E-state index in [0.29, 0.717) is 11.3 Å². The van der Waals surface area contributed by atoms with Crippen molar-refractivity contribution in [2.75, 3.05) is 25.5 Å². The van der Waals surface area contributed by atoms with Crippen molar-refractivity contribution >= 4 is 27.5 Å². The van der Waals surface area contributed by atoms with Gasteiger partial charge in [0.1, 0.15) is 5.75 Å². The zero-order valence-electron chi connectivity index (χ0n) is 15.0. The summed E-state index contributed by atoms with van der Waals surface area (Å²) in [6.07, 6.45) is 0. The van der Waals surface area contributed by atoms with Crippen molar-refractivity contribution in [2.45, 2.75) is 38.1 Å². The van der Waals surface area contributed by atoms with Crippen LogP contribution in [0.5, 0.6) is 5.75 Å². The van der Waals surface area contributed by atoms with Crippen LogP contribution in [0, 0.1) is 6.92 Å². The van der Waals surface area contributed by atoms with Crippen LogP contribution in [0.2, 0.25) is 0 Å². The summed E-state index contributed by atoms with van der Waals surface area (Å²) in [5.41, 5.74) is 0.434. The van der Waals surface area contributed by atoms with E-state index in [9.17, 15) is 18.0 Å². The van der Waals surface area contributed by atoms with Gasteiger partial charge in [-0.3, -0.25) is 9.59 Å². The number of carbonyl (C=O) groups excluding carboxylic acids is 2. The summed E-state index contributed by atoms with van der Waals surface area (Å²) in [5.74, 6) is -0.396. The maximum absolute atomic E-state index is 12.8. The summed E-state index contributed by atoms with van der Waals surface area (Å²) in [4.78, 5) is 23.4. The molecule has 138 valence electrons. The number of hydrogen-bond acceptors (Lipinski definition) is 5. The zero-order valence-corrected chi connectivity index (χ0v) is 15.8. The first-order chi connectivity index (χ1) is 11.4. The average Bonchev–Trinajstić information content (AvgIpc) is 2.43. The summed E-state index contributed by atoms with van der Waals surface area (Å²) in [5, 5.41) is 5.36. The van der Waals surface area contributed by atoms with Crippen molar-refractivity contribution in [1.82, 2.24) is 9.62 Å². The molecule has 0 saturated heterocycles. The number of amides is 2. The molecule has 2 rings (SSSR count). The Balaban J connectivity index is 2.27. The Kier molecular flexibility index (Phi) is 5.10. The number of sulfonamides is 1. The Morgan fingerprint density at radius 3 is 2.60 bits per heavy atom. The first kappa shape index (κ1) is 19.2. The fourth-order valence-electron chi connectivity index (χ4n) is 2.41. The summed E-state index contributed by atoms with van der Waals surface area (Å²) < 4.78 is 31.9. The number of rotatable bonds is 4. The van der Waals surface area contributed by atoms with Gasteiger partial charge in [-0.1, -0.05) is 0 Å². The molecule has 0 saturated carbocycles. The van der Waals surface area contributed by atoms with Gasteiger partial charge in [0.25, 0.3) is 5.91 Å². The largest absolute Gasteiger partial charge is 0.482 e. The molecule has 0 atom stereocenters. The molecule has 1 heterocycles. The van der Waals surface area contributed by atoms with E-state index < -0.39 is 21.5 Å². The number of fused-ring (bicyclic) bond motifs is 1. The number of nitrogens with zero attached hydrogens (tertiary/aromatic N) is 1. The van der Waals surface area contributed by atoms with Crippen molar-refractivity contribution < 1.29 is 22.7 Å². The molecule has 0 unspecified atom stereocenters. The molecule has 1 aromatic rings. The standard InChI is InChI=1S/C16H23N3O5S/c1-10-6-11-12(24-9-15(21)17-11)7-13(10)25(22,23)19(5)8-14(20)18-16(2,3)4/h6-7H,8-9H2,1-5H3,(H,17,21)(H,18,20). The van der Waals surface area contributed by atoms with E-state index in [0.717, 1.165) is 4.31 Å². The molecule has 0 bridgehead atoms. The number of benzene rings is 1. The Labute approximate surface area is 147 Å². The fourth-order valence-corrected chi connectivity index (χ4v) is 3.75. The smallest absolute Gasteiger partial charge is 0.262 e. The topological polar surface area (TPSA) is 105 Å². The second kappa shape index (κ2) is 6.64. The molecule has 0 fully saturated rings. The molecule has 2 N–H and O–H groups in total. The molecule has 0 radical (unpaired) electrons. The number of likely N-dealkylation sites (N-methyl/N-ethyl adjacent to an activating group) is 1. The van der Waals surface area contributed by atoms with Gasteiger partial charge in [0.2, 0.25) is 15.9 Å². The molecule has 9 heteroatoms. The molecule has 0 aliphatic carbocycles. The number of nitrogens with one attached hydrogen (secondary N) is 2. The number of hydrogen-bond donors (Lipinski definition) is 2. The number of aryl methyl sites for hydroxylation is 1. The molecule has 1 aliphatic rings. The maximum atomic E-state index is 12.8. The fraction of sp³-hybridized carbons (Fsp3) is 0.500. The predicted octanol–water partition coefficient (Wildman–Crippen LogP) is 0.861. The van der Waals surface area contributed by atoms with Crippen molar-refractivity contribution in [3.05, 3.63) is 17.7 Å². The Morgan fingerprint density at radius 1 is 1.36 bits per heavy atom. The van der Waals surface area contributed by atoms with Crippen molar-refractivity contribution in [2.24, 2.45) is 0 Å². The normalized spacial score (nSPS) is 14.6. The van der Waals surface area contributed by atoms with E-state index in [-0.39, 0.29) is 29.7 Å². The Hall–Kier alpha value is -2.13. The lowest BCUT2D eigenvalue weighted by molar-refractivity contribution is -0.122. The van der Waals surface area contributed by atoms with E-state index in [1.165, 1.54) is 13.1 Å². The third-order valence-electron chi connectivity index (χ3n) is 3.48. The minimum absolute atomic E-state index is 0.0356. The minimum atomic E-state index is -3.89. The van der Waals surface area contributed by atoms with Crippen LogP contribution in [0.15, 0.2) is 17.0 Å². The lowest BCUT2D eigenvalue weighted by atomic mass is 10.1. The first-order valence-electron chi connectivity index (χ1n) is 7.75. The summed E-state index contributed by atoms with van der Waals surface area (Å²) in [7, 11) is -2.54. The van der Waals surface area contributed by atoms with Gasteiger partial charge in [0.05, 0.1) is 17.1 Å². The van der Waals surface area contributed by atoms with Crippen LogP contribution in [0.25, 0.3) is 0 Å². The molecular weight excluding hydrogens is 346 g/mol. The second-order valence-corrected chi connectivity index (χ2v) is 9.02. The van der Waals surface area contributed by atoms with Crippen LogP contribution < -0.4 is 15.4 Å². The third-order valence-corrected chi connectivity index (χ3v) is 5.42. The zero-order chi connectivity index (χ0) is 19.0. The van der Waals surface area contributed by atoms with Crippen LogP contribution in [0.4, 0.5) is 5.69 Å². The van der Waals surface area contributed by atoms with Gasteiger partial charge in [0, 0.05) is 18.7 Å². The second-order valence-electron chi connectivity index (χ2n) is 7.01. The number of carbonyl (C=O) groups is 2. The van der Waals surface area contributed by atoms with Crippen LogP contribution in [0.1, 0.15) is 26.3 Å². The van der Waals surface area contributed by atoms with E-state index in [4.69, 9.17) is 4.74 Å². The lowest BCUT2D eigenvalue weighted by Gasteiger charge is -2.24. The van der Waals surface area contributed by atoms with E-state index >= 15 is 0 Å². The highest BCUT2D eigenvalue weighted by atomic mass is 32.2. The van der Waals surface area contributed by atoms with Crippen molar-refractivity contribution in [3.63, 3.8) is 0 Å². The predicted molar refractivity (Wildman–Crippen MR) is 93.0 cm³/mol. The molecule has 1 aromatic carbocycles. The summed E-state index contributed by atoms with van der Waals surface area (Å²) >= 11 is 0. The Bertz CT molecular complexity index is 812. The van der Waals surface area contributed by atoms with Crippen LogP contribution in [-0.2, 0) is 19.6 Å². The number of ether oxygens (including phenoxy) is 1. The van der Waals surface area contributed by atoms with Gasteiger partial charge in [-0.05, 0) is 39.3 Å². The van der Waals surface area contributed by atoms with E-state index in [1.54, 1.807) is 13.0 Å². The van der Waals surface area contributed by atoms with Crippen LogP contribution in [-0.4, -0.2) is 50.3 Å². The van der Waals surface area contributed by atoms with Crippen molar-refractivity contribution in [3.8, 4) is 5.75 Å². The third kappa shape index (κ3) is 4.49. The maximum Gasteiger partial charge on any atom is 0.262 e. The molecule has 1 aliphatic heterocycles. The van der Waals surface area contributed by atoms with Crippen LogP contribution >= 0.6 is 0 Å². The van der Waals surface area contributed by atoms with Gasteiger partial charge in [-0.2, -0.15) is 4.31 Å². The van der Waals surface area contributed by atoms with Gasteiger partial charge in [-0.15, -0.1) is 0 Å². The quantitative estimate of drug-likeness (QED) is 0.819. The highest BCUT2D eigenvalue weighted by molar-refractivity contribution is 7.89. The summed E-state index contributed by atoms with van der Waals surface area (Å²) in [6, 6.07) is 2.92. The molecule has 25 heavy (non-hydrogen) atoms. The highest BCUT2D eigenvalue weighted by Crippen LogP contribution is 2.33. The molecule has 2 amide bonds. The summed E-state index contributed by atoms with van der Waals surface area (Å²) in [6.45, 7) is 6.61. The van der Waals surface area contributed by atoms with Crippen molar-refractivity contribution in [1.29, 1.82) is 0 Å². The van der Waals surface area contributed by atoms with Gasteiger partial charge < -0.3 is 15.4 Å². The average molecular weight is 369 g/mol.